The third-order valence-electron chi connectivity index (χ3n) is 5.74. The van der Waals surface area contributed by atoms with Crippen molar-refractivity contribution < 1.29 is 24.3 Å². The zero-order chi connectivity index (χ0) is 27.5. The average Bonchev–Trinajstić information content (AvgIpc) is 3.25. The van der Waals surface area contributed by atoms with E-state index in [1.165, 1.54) is 0 Å². The van der Waals surface area contributed by atoms with Crippen LogP contribution in [0.2, 0.25) is 0 Å². The molecule has 2 rings (SSSR count). The molecule has 3 unspecified atom stereocenters. The molecule has 0 aliphatic carbocycles. The van der Waals surface area contributed by atoms with Crippen LogP contribution in [0, 0.1) is 5.92 Å². The van der Waals surface area contributed by atoms with Gasteiger partial charge < -0.3 is 43.2 Å². The Morgan fingerprint density at radius 3 is 2.32 bits per heavy atom. The summed E-state index contributed by atoms with van der Waals surface area (Å²) >= 11 is 0. The Labute approximate surface area is 214 Å². The minimum absolute atomic E-state index is 0.0809. The summed E-state index contributed by atoms with van der Waals surface area (Å²) < 4.78 is 0. The number of aromatic amines is 1. The molecule has 202 valence electrons. The van der Waals surface area contributed by atoms with Crippen LogP contribution in [0.1, 0.15) is 32.3 Å². The van der Waals surface area contributed by atoms with Crippen molar-refractivity contribution in [2.45, 2.75) is 51.2 Å². The van der Waals surface area contributed by atoms with E-state index in [-0.39, 0.29) is 31.9 Å². The SMILES string of the molecule is CC(C)C(NC(=O)C(Cc1c[nH]c2ccccc12)NC(=O)C(CCCN=C(N)N)NC(=O)CN)C(=O)O. The monoisotopic (exact) mass is 516 g/mol. The Morgan fingerprint density at radius 1 is 1.03 bits per heavy atom. The molecule has 0 spiro atoms. The van der Waals surface area contributed by atoms with E-state index in [2.05, 4.69) is 25.9 Å². The number of H-pyrrole nitrogens is 1. The highest BCUT2D eigenvalue weighted by molar-refractivity contribution is 5.94. The lowest BCUT2D eigenvalue weighted by Gasteiger charge is -2.25. The molecule has 0 aliphatic heterocycles. The van der Waals surface area contributed by atoms with Gasteiger partial charge in [-0.2, -0.15) is 0 Å². The lowest BCUT2D eigenvalue weighted by molar-refractivity contribution is -0.143. The van der Waals surface area contributed by atoms with Crippen molar-refractivity contribution in [2.24, 2.45) is 28.1 Å². The molecular weight excluding hydrogens is 480 g/mol. The number of carbonyl (C=O) groups is 4. The molecule has 1 heterocycles. The first-order valence-electron chi connectivity index (χ1n) is 12.0. The molecule has 11 N–H and O–H groups in total. The van der Waals surface area contributed by atoms with Crippen LogP contribution in [0.25, 0.3) is 10.9 Å². The van der Waals surface area contributed by atoms with Crippen molar-refractivity contribution >= 4 is 40.6 Å². The number of hydrogen-bond donors (Lipinski definition) is 8. The number of carbonyl (C=O) groups excluding carboxylic acids is 3. The molecule has 0 saturated heterocycles. The van der Waals surface area contributed by atoms with Gasteiger partial charge in [-0.25, -0.2) is 4.79 Å². The highest BCUT2D eigenvalue weighted by atomic mass is 16.4. The van der Waals surface area contributed by atoms with E-state index in [0.717, 1.165) is 16.5 Å². The van der Waals surface area contributed by atoms with E-state index >= 15 is 0 Å². The number of hydrogen-bond acceptors (Lipinski definition) is 6. The van der Waals surface area contributed by atoms with Gasteiger partial charge in [0.1, 0.15) is 18.1 Å². The quantitative estimate of drug-likeness (QED) is 0.0871. The summed E-state index contributed by atoms with van der Waals surface area (Å²) in [4.78, 5) is 57.1. The first kappa shape index (κ1) is 29.1. The lowest BCUT2D eigenvalue weighted by atomic mass is 10.0. The largest absolute Gasteiger partial charge is 0.480 e. The second kappa shape index (κ2) is 13.8. The number of benzene rings is 1. The lowest BCUT2D eigenvalue weighted by Crippen LogP contribution is -2.57. The van der Waals surface area contributed by atoms with Crippen molar-refractivity contribution in [3.05, 3.63) is 36.0 Å². The summed E-state index contributed by atoms with van der Waals surface area (Å²) in [6.07, 6.45) is 2.36. The third-order valence-corrected chi connectivity index (χ3v) is 5.74. The van der Waals surface area contributed by atoms with E-state index < -0.39 is 47.7 Å². The van der Waals surface area contributed by atoms with Crippen molar-refractivity contribution in [1.82, 2.24) is 20.9 Å². The number of nitrogens with zero attached hydrogens (tertiary/aromatic N) is 1. The predicted octanol–water partition coefficient (Wildman–Crippen LogP) is -1.08. The number of amides is 3. The number of carboxylic acids is 1. The normalized spacial score (nSPS) is 13.4. The molecule has 3 amide bonds. The van der Waals surface area contributed by atoms with Gasteiger partial charge in [0.05, 0.1) is 6.54 Å². The standard InChI is InChI=1S/C24H36N8O5/c1-13(2)20(23(36)37)32-22(35)18(10-14-12-29-16-7-4-3-6-15(14)16)31-21(34)17(30-19(33)11-25)8-5-9-28-24(26)27/h3-4,6-7,12-13,17-18,20,29H,5,8-11,25H2,1-2H3,(H,30,33)(H,31,34)(H,32,35)(H,36,37)(H4,26,27,28). The summed E-state index contributed by atoms with van der Waals surface area (Å²) in [5.41, 5.74) is 17.7. The van der Waals surface area contributed by atoms with E-state index in [1.807, 2.05) is 24.3 Å². The summed E-state index contributed by atoms with van der Waals surface area (Å²) in [5.74, 6) is -3.51. The number of aliphatic imine (C=N–C) groups is 1. The molecule has 2 aromatic rings. The number of nitrogens with one attached hydrogen (secondary N) is 4. The van der Waals surface area contributed by atoms with Crippen LogP contribution >= 0.6 is 0 Å². The second-order valence-electron chi connectivity index (χ2n) is 8.97. The van der Waals surface area contributed by atoms with Gasteiger partial charge in [-0.3, -0.25) is 19.4 Å². The molecule has 1 aromatic carbocycles. The van der Waals surface area contributed by atoms with E-state index in [9.17, 15) is 24.3 Å². The predicted molar refractivity (Wildman–Crippen MR) is 139 cm³/mol. The van der Waals surface area contributed by atoms with Crippen molar-refractivity contribution in [1.29, 1.82) is 0 Å². The number of guanidine groups is 1. The molecule has 0 aliphatic rings. The van der Waals surface area contributed by atoms with Gasteiger partial charge in [0, 0.05) is 30.1 Å². The fourth-order valence-electron chi connectivity index (χ4n) is 3.80. The van der Waals surface area contributed by atoms with Crippen LogP contribution < -0.4 is 33.2 Å². The second-order valence-corrected chi connectivity index (χ2v) is 8.97. The highest BCUT2D eigenvalue weighted by Crippen LogP contribution is 2.19. The van der Waals surface area contributed by atoms with Crippen LogP contribution in [-0.2, 0) is 25.6 Å². The van der Waals surface area contributed by atoms with Gasteiger partial charge in [-0.15, -0.1) is 0 Å². The minimum Gasteiger partial charge on any atom is -0.480 e. The van der Waals surface area contributed by atoms with Gasteiger partial charge in [0.15, 0.2) is 5.96 Å². The Kier molecular flexibility index (Phi) is 10.9. The maximum atomic E-state index is 13.2. The molecule has 0 saturated carbocycles. The molecule has 0 bridgehead atoms. The summed E-state index contributed by atoms with van der Waals surface area (Å²) in [6.45, 7) is 3.24. The van der Waals surface area contributed by atoms with Crippen LogP contribution in [0.15, 0.2) is 35.5 Å². The summed E-state index contributed by atoms with van der Waals surface area (Å²) in [7, 11) is 0. The zero-order valence-electron chi connectivity index (χ0n) is 21.0. The molecule has 3 atom stereocenters. The number of rotatable bonds is 14. The molecule has 13 heteroatoms. The first-order valence-corrected chi connectivity index (χ1v) is 12.0. The van der Waals surface area contributed by atoms with Crippen LogP contribution in [0.4, 0.5) is 0 Å². The number of para-hydroxylation sites is 1. The van der Waals surface area contributed by atoms with E-state index in [1.54, 1.807) is 20.0 Å². The number of aromatic nitrogens is 1. The van der Waals surface area contributed by atoms with Gasteiger partial charge >= 0.3 is 5.97 Å². The zero-order valence-corrected chi connectivity index (χ0v) is 21.0. The number of fused-ring (bicyclic) bond motifs is 1. The molecule has 1 aromatic heterocycles. The number of carboxylic acid groups (broad SMARTS) is 1. The molecule has 37 heavy (non-hydrogen) atoms. The van der Waals surface area contributed by atoms with Crippen molar-refractivity contribution in [3.63, 3.8) is 0 Å². The Bertz CT molecular complexity index is 1130. The third kappa shape index (κ3) is 8.79. The van der Waals surface area contributed by atoms with Crippen molar-refractivity contribution in [2.75, 3.05) is 13.1 Å². The Hall–Kier alpha value is -4.13. The summed E-state index contributed by atoms with van der Waals surface area (Å²) in [5, 5.41) is 18.1. The Morgan fingerprint density at radius 2 is 1.70 bits per heavy atom. The smallest absolute Gasteiger partial charge is 0.326 e. The van der Waals surface area contributed by atoms with Crippen LogP contribution in [-0.4, -0.2) is 71.0 Å². The molecule has 0 fully saturated rings. The maximum absolute atomic E-state index is 13.2. The van der Waals surface area contributed by atoms with E-state index in [4.69, 9.17) is 17.2 Å². The minimum atomic E-state index is -1.19. The van der Waals surface area contributed by atoms with Gasteiger partial charge in [0.2, 0.25) is 17.7 Å². The maximum Gasteiger partial charge on any atom is 0.326 e. The molecule has 13 nitrogen and oxygen atoms in total. The van der Waals surface area contributed by atoms with Crippen molar-refractivity contribution in [3.8, 4) is 0 Å². The van der Waals surface area contributed by atoms with Gasteiger partial charge in [-0.1, -0.05) is 32.0 Å². The Balaban J connectivity index is 2.29. The topological polar surface area (TPSA) is 231 Å². The summed E-state index contributed by atoms with van der Waals surface area (Å²) in [6, 6.07) is 4.18. The highest BCUT2D eigenvalue weighted by Gasteiger charge is 2.31. The fourth-order valence-corrected chi connectivity index (χ4v) is 3.80. The van der Waals surface area contributed by atoms with E-state index in [0.29, 0.717) is 6.42 Å². The molecular formula is C24H36N8O5. The number of nitrogens with two attached hydrogens (primary N) is 3. The van der Waals surface area contributed by atoms with Crippen LogP contribution in [0.5, 0.6) is 0 Å². The molecule has 0 radical (unpaired) electrons. The van der Waals surface area contributed by atoms with Gasteiger partial charge in [-0.05, 0) is 30.4 Å². The average molecular weight is 517 g/mol. The first-order chi connectivity index (χ1) is 17.5. The number of aliphatic carboxylic acids is 1. The van der Waals surface area contributed by atoms with Crippen LogP contribution in [0.3, 0.4) is 0 Å². The fraction of sp³-hybridized carbons (Fsp3) is 0.458. The van der Waals surface area contributed by atoms with Gasteiger partial charge in [0.25, 0.3) is 0 Å².